The largest absolute Gasteiger partial charge is 0.497 e. The number of aromatic nitrogens is 1. The molecule has 0 amide bonds. The molecule has 3 aromatic carbocycles. The van der Waals surface area contributed by atoms with Crippen LogP contribution in [0.1, 0.15) is 72.5 Å². The van der Waals surface area contributed by atoms with E-state index in [9.17, 15) is 0 Å². The Morgan fingerprint density at radius 3 is 2.24 bits per heavy atom. The molecule has 2 atom stereocenters. The minimum absolute atomic E-state index is 0.139. The molecule has 2 unspecified atom stereocenters. The van der Waals surface area contributed by atoms with Gasteiger partial charge in [0, 0.05) is 57.4 Å². The lowest BCUT2D eigenvalue weighted by Gasteiger charge is -2.36. The Bertz CT molecular complexity index is 1680. The maximum Gasteiger partial charge on any atom is 0.220 e. The number of methoxy groups -OCH3 is 1. The zero-order valence-corrected chi connectivity index (χ0v) is 30.6. The van der Waals surface area contributed by atoms with E-state index >= 15 is 4.39 Å². The smallest absolute Gasteiger partial charge is 0.220 e. The van der Waals surface area contributed by atoms with Gasteiger partial charge in [0.05, 0.1) is 26.4 Å². The number of anilines is 2. The standard InChI is InChI=1S/C42H54FN5O3/c1-45(2)40(32-12-8-5-9-13-32)34-15-14-33(37(43)29-34)30-39(47-24-26-50-27-25-47)41-44-38(28-31-10-6-4-7-11-31)42(51-41)48-22-20-46(21-23-48)35-16-18-36(49-3)19-17-35/h4,6-7,10-11,14-19,29,32,39-40H,5,8-9,12-13,20-28,30H2,1-3H3. The zero-order chi connectivity index (χ0) is 35.2. The quantitative estimate of drug-likeness (QED) is 0.151. The summed E-state index contributed by atoms with van der Waals surface area (Å²) in [7, 11) is 5.96. The molecule has 9 heteroatoms. The van der Waals surface area contributed by atoms with Crippen LogP contribution in [0.25, 0.3) is 0 Å². The lowest BCUT2D eigenvalue weighted by molar-refractivity contribution is 0.0103. The molecule has 0 spiro atoms. The highest BCUT2D eigenvalue weighted by molar-refractivity contribution is 5.52. The van der Waals surface area contributed by atoms with Crippen LogP contribution < -0.4 is 14.5 Å². The predicted molar refractivity (Wildman–Crippen MR) is 201 cm³/mol. The van der Waals surface area contributed by atoms with Crippen LogP contribution in [-0.2, 0) is 17.6 Å². The molecule has 3 aliphatic rings. The van der Waals surface area contributed by atoms with Gasteiger partial charge < -0.3 is 28.6 Å². The normalized spacial score (nSPS) is 19.0. The molecule has 7 rings (SSSR count). The Hall–Kier alpha value is -3.92. The molecule has 8 nitrogen and oxygen atoms in total. The fourth-order valence-electron chi connectivity index (χ4n) is 8.44. The summed E-state index contributed by atoms with van der Waals surface area (Å²) in [5, 5.41) is 0. The van der Waals surface area contributed by atoms with Gasteiger partial charge >= 0.3 is 0 Å². The minimum atomic E-state index is -0.207. The maximum absolute atomic E-state index is 16.2. The van der Waals surface area contributed by atoms with Gasteiger partial charge in [-0.1, -0.05) is 61.7 Å². The van der Waals surface area contributed by atoms with Gasteiger partial charge in [-0.15, -0.1) is 0 Å². The van der Waals surface area contributed by atoms with E-state index in [4.69, 9.17) is 18.9 Å². The van der Waals surface area contributed by atoms with Crippen LogP contribution in [-0.4, -0.2) is 88.5 Å². The van der Waals surface area contributed by atoms with Crippen LogP contribution in [0.3, 0.4) is 0 Å². The third kappa shape index (κ3) is 8.43. The van der Waals surface area contributed by atoms with Gasteiger partial charge in [0.1, 0.15) is 17.3 Å². The summed E-state index contributed by atoms with van der Waals surface area (Å²) >= 11 is 0. The van der Waals surface area contributed by atoms with Gasteiger partial charge in [-0.2, -0.15) is 0 Å². The number of hydrogen-bond acceptors (Lipinski definition) is 8. The van der Waals surface area contributed by atoms with Crippen molar-refractivity contribution in [1.82, 2.24) is 14.8 Å². The van der Waals surface area contributed by atoms with E-state index in [1.807, 2.05) is 24.3 Å². The number of hydrogen-bond donors (Lipinski definition) is 0. The number of oxazole rings is 1. The third-order valence-electron chi connectivity index (χ3n) is 11.2. The number of nitrogens with zero attached hydrogens (tertiary/aromatic N) is 5. The first-order valence-electron chi connectivity index (χ1n) is 18.9. The summed E-state index contributed by atoms with van der Waals surface area (Å²) in [4.78, 5) is 14.7. The highest BCUT2D eigenvalue weighted by atomic mass is 19.1. The van der Waals surface area contributed by atoms with Crippen LogP contribution >= 0.6 is 0 Å². The van der Waals surface area contributed by atoms with E-state index in [1.165, 1.54) is 43.4 Å². The second-order valence-corrected chi connectivity index (χ2v) is 14.7. The van der Waals surface area contributed by atoms with E-state index < -0.39 is 0 Å². The average Bonchev–Trinajstić information content (AvgIpc) is 3.59. The number of halogens is 1. The van der Waals surface area contributed by atoms with Crippen molar-refractivity contribution in [2.75, 3.05) is 83.5 Å². The van der Waals surface area contributed by atoms with E-state index in [-0.39, 0.29) is 17.9 Å². The molecule has 1 aliphatic carbocycles. The Morgan fingerprint density at radius 1 is 0.863 bits per heavy atom. The van der Waals surface area contributed by atoms with Crippen LogP contribution in [0.15, 0.2) is 77.2 Å². The summed E-state index contributed by atoms with van der Waals surface area (Å²) in [6.45, 7) is 6.15. The van der Waals surface area contributed by atoms with Crippen LogP contribution in [0.2, 0.25) is 0 Å². The second kappa shape index (κ2) is 16.6. The van der Waals surface area contributed by atoms with E-state index in [0.717, 1.165) is 62.2 Å². The second-order valence-electron chi connectivity index (χ2n) is 14.7. The van der Waals surface area contributed by atoms with Crippen molar-refractivity contribution in [1.29, 1.82) is 0 Å². The van der Waals surface area contributed by atoms with Crippen molar-refractivity contribution in [3.05, 3.63) is 107 Å². The molecular formula is C42H54FN5O3. The molecule has 2 aliphatic heterocycles. The molecular weight excluding hydrogens is 641 g/mol. The highest BCUT2D eigenvalue weighted by Crippen LogP contribution is 2.39. The summed E-state index contributed by atoms with van der Waals surface area (Å²) < 4.78 is 34.2. The molecule has 272 valence electrons. The SMILES string of the molecule is COc1ccc(N2CCN(c3oc(C(Cc4ccc(C(C5CCCCC5)N(C)C)cc4F)N4CCOCC4)nc3Cc3ccccc3)CC2)cc1. The number of benzene rings is 3. The minimum Gasteiger partial charge on any atom is -0.497 e. The maximum atomic E-state index is 16.2. The van der Waals surface area contributed by atoms with Gasteiger partial charge in [0.2, 0.25) is 11.8 Å². The summed E-state index contributed by atoms with van der Waals surface area (Å²) in [6.07, 6.45) is 7.41. The van der Waals surface area contributed by atoms with Gasteiger partial charge in [-0.05, 0) is 86.3 Å². The topological polar surface area (TPSA) is 57.5 Å². The molecule has 0 N–H and O–H groups in total. The van der Waals surface area contributed by atoms with E-state index in [1.54, 1.807) is 13.2 Å². The molecule has 2 saturated heterocycles. The Balaban J connectivity index is 1.16. The van der Waals surface area contributed by atoms with Gasteiger partial charge in [0.15, 0.2) is 0 Å². The fraction of sp³-hybridized carbons (Fsp3) is 0.500. The predicted octanol–water partition coefficient (Wildman–Crippen LogP) is 7.54. The van der Waals surface area contributed by atoms with E-state index in [0.29, 0.717) is 43.4 Å². The molecule has 4 aromatic rings. The monoisotopic (exact) mass is 695 g/mol. The van der Waals surface area contributed by atoms with Gasteiger partial charge in [0.25, 0.3) is 0 Å². The lowest BCUT2D eigenvalue weighted by atomic mass is 9.80. The summed E-state index contributed by atoms with van der Waals surface area (Å²) in [5.41, 5.74) is 5.09. The first-order chi connectivity index (χ1) is 25.0. The lowest BCUT2D eigenvalue weighted by Crippen LogP contribution is -2.46. The van der Waals surface area contributed by atoms with Crippen molar-refractivity contribution in [2.45, 2.75) is 57.0 Å². The van der Waals surface area contributed by atoms with Crippen molar-refractivity contribution in [3.63, 3.8) is 0 Å². The Kier molecular flexibility index (Phi) is 11.6. The first-order valence-corrected chi connectivity index (χ1v) is 18.9. The third-order valence-corrected chi connectivity index (χ3v) is 11.2. The van der Waals surface area contributed by atoms with Crippen molar-refractivity contribution in [3.8, 4) is 5.75 Å². The van der Waals surface area contributed by atoms with Crippen LogP contribution in [0.5, 0.6) is 5.75 Å². The zero-order valence-electron chi connectivity index (χ0n) is 30.6. The summed E-state index contributed by atoms with van der Waals surface area (Å²) in [5.74, 6) is 2.78. The Morgan fingerprint density at radius 2 is 1.57 bits per heavy atom. The van der Waals surface area contributed by atoms with E-state index in [2.05, 4.69) is 76.2 Å². The number of piperazine rings is 1. The molecule has 51 heavy (non-hydrogen) atoms. The van der Waals surface area contributed by atoms with Crippen LogP contribution in [0, 0.1) is 11.7 Å². The number of ether oxygens (including phenoxy) is 2. The Labute approximate surface area is 303 Å². The van der Waals surface area contributed by atoms with Crippen molar-refractivity contribution < 1.29 is 18.3 Å². The molecule has 0 radical (unpaired) electrons. The van der Waals surface area contributed by atoms with Crippen LogP contribution in [0.4, 0.5) is 16.0 Å². The van der Waals surface area contributed by atoms with Gasteiger partial charge in [-0.3, -0.25) is 4.90 Å². The van der Waals surface area contributed by atoms with Crippen molar-refractivity contribution >= 4 is 11.6 Å². The molecule has 0 bridgehead atoms. The van der Waals surface area contributed by atoms with Gasteiger partial charge in [-0.25, -0.2) is 9.37 Å². The number of rotatable bonds is 12. The average molecular weight is 696 g/mol. The molecule has 3 heterocycles. The number of morpholine rings is 1. The summed E-state index contributed by atoms with van der Waals surface area (Å²) in [6, 6.07) is 24.8. The first kappa shape index (κ1) is 35.5. The molecule has 1 saturated carbocycles. The molecule has 1 aromatic heterocycles. The fourth-order valence-corrected chi connectivity index (χ4v) is 8.44. The highest BCUT2D eigenvalue weighted by Gasteiger charge is 2.33. The van der Waals surface area contributed by atoms with Crippen molar-refractivity contribution in [2.24, 2.45) is 5.92 Å². The molecule has 3 fully saturated rings.